The van der Waals surface area contributed by atoms with Crippen LogP contribution in [-0.4, -0.2) is 4.98 Å². The fourth-order valence-electron chi connectivity index (χ4n) is 2.32. The Labute approximate surface area is 130 Å². The van der Waals surface area contributed by atoms with Gasteiger partial charge in [-0.25, -0.2) is 4.98 Å². The number of halogens is 1. The van der Waals surface area contributed by atoms with Gasteiger partial charge in [0, 0.05) is 16.9 Å². The normalized spacial score (nSPS) is 12.8. The monoisotopic (exact) mass is 346 g/mol. The van der Waals surface area contributed by atoms with Crippen molar-refractivity contribution in [2.24, 2.45) is 5.73 Å². The first-order valence-corrected chi connectivity index (χ1v) is 8.10. The molecule has 0 aliphatic rings. The number of fused-ring (bicyclic) bond motifs is 1. The van der Waals surface area contributed by atoms with Gasteiger partial charge >= 0.3 is 0 Å². The zero-order valence-electron chi connectivity index (χ0n) is 11.1. The average Bonchev–Trinajstić information content (AvgIpc) is 2.83. The molecule has 0 aliphatic heterocycles. The summed E-state index contributed by atoms with van der Waals surface area (Å²) < 4.78 is 2.29. The highest BCUT2D eigenvalue weighted by Gasteiger charge is 2.13. The van der Waals surface area contributed by atoms with Crippen molar-refractivity contribution >= 4 is 37.5 Å². The van der Waals surface area contributed by atoms with Gasteiger partial charge < -0.3 is 5.73 Å². The number of nitrogens with two attached hydrogens (primary N) is 1. The first-order chi connectivity index (χ1) is 9.63. The van der Waals surface area contributed by atoms with Crippen molar-refractivity contribution in [3.63, 3.8) is 0 Å². The molecule has 3 aromatic rings. The van der Waals surface area contributed by atoms with Gasteiger partial charge in [0.25, 0.3) is 0 Å². The van der Waals surface area contributed by atoms with Crippen molar-refractivity contribution in [1.82, 2.24) is 4.98 Å². The smallest absolute Gasteiger partial charge is 0.0957 e. The van der Waals surface area contributed by atoms with Crippen LogP contribution >= 0.6 is 27.3 Å². The van der Waals surface area contributed by atoms with Gasteiger partial charge in [0.05, 0.1) is 15.2 Å². The van der Waals surface area contributed by atoms with Gasteiger partial charge in [-0.05, 0) is 42.3 Å². The Kier molecular flexibility index (Phi) is 3.87. The molecule has 0 radical (unpaired) electrons. The molecular weight excluding hydrogens is 332 g/mol. The van der Waals surface area contributed by atoms with E-state index in [0.29, 0.717) is 0 Å². The topological polar surface area (TPSA) is 38.9 Å². The maximum absolute atomic E-state index is 6.36. The van der Waals surface area contributed by atoms with E-state index >= 15 is 0 Å². The molecule has 102 valence electrons. The molecule has 0 saturated heterocycles. The summed E-state index contributed by atoms with van der Waals surface area (Å²) in [6, 6.07) is 14.4. The van der Waals surface area contributed by atoms with Crippen LogP contribution < -0.4 is 5.73 Å². The van der Waals surface area contributed by atoms with Crippen LogP contribution in [0.1, 0.15) is 22.2 Å². The second kappa shape index (κ2) is 5.64. The third kappa shape index (κ3) is 2.77. The highest BCUT2D eigenvalue weighted by molar-refractivity contribution is 9.10. The summed E-state index contributed by atoms with van der Waals surface area (Å²) in [6.07, 6.45) is 0.774. The summed E-state index contributed by atoms with van der Waals surface area (Å²) >= 11 is 5.24. The van der Waals surface area contributed by atoms with Crippen molar-refractivity contribution in [1.29, 1.82) is 0 Å². The molecule has 0 amide bonds. The number of para-hydroxylation sites is 1. The van der Waals surface area contributed by atoms with Crippen molar-refractivity contribution < 1.29 is 0 Å². The lowest BCUT2D eigenvalue weighted by Crippen LogP contribution is -2.14. The maximum atomic E-state index is 6.36. The Morgan fingerprint density at radius 2 is 2.05 bits per heavy atom. The third-order valence-corrected chi connectivity index (χ3v) is 4.93. The molecule has 1 heterocycles. The lowest BCUT2D eigenvalue weighted by Gasteiger charge is -2.13. The number of aryl methyl sites for hydroxylation is 1. The molecule has 0 bridgehead atoms. The summed E-state index contributed by atoms with van der Waals surface area (Å²) in [5.41, 5.74) is 9.83. The minimum Gasteiger partial charge on any atom is -0.324 e. The van der Waals surface area contributed by atoms with Gasteiger partial charge in [-0.2, -0.15) is 0 Å². The standard InChI is InChI=1S/C16H15BrN2S/c1-10-6-7-11(17)8-12(10)13(18)9-16-19-14-4-2-3-5-15(14)20-16/h2-8,13H,9,18H2,1H3. The molecule has 2 N–H and O–H groups in total. The van der Waals surface area contributed by atoms with E-state index in [1.54, 1.807) is 11.3 Å². The Bertz CT molecular complexity index is 718. The van der Waals surface area contributed by atoms with E-state index in [9.17, 15) is 0 Å². The predicted octanol–water partition coefficient (Wildman–Crippen LogP) is 4.61. The lowest BCUT2D eigenvalue weighted by atomic mass is 10.00. The van der Waals surface area contributed by atoms with Crippen LogP contribution in [0.3, 0.4) is 0 Å². The van der Waals surface area contributed by atoms with Gasteiger partial charge in [0.2, 0.25) is 0 Å². The molecule has 0 aliphatic carbocycles. The number of thiazole rings is 1. The van der Waals surface area contributed by atoms with Crippen molar-refractivity contribution in [2.45, 2.75) is 19.4 Å². The van der Waals surface area contributed by atoms with E-state index in [4.69, 9.17) is 5.73 Å². The summed E-state index contributed by atoms with van der Waals surface area (Å²) in [5.74, 6) is 0. The number of rotatable bonds is 3. The van der Waals surface area contributed by atoms with Crippen LogP contribution in [0, 0.1) is 6.92 Å². The number of nitrogens with zero attached hydrogens (tertiary/aromatic N) is 1. The second-order valence-corrected chi connectivity index (χ2v) is 6.92. The van der Waals surface area contributed by atoms with E-state index < -0.39 is 0 Å². The van der Waals surface area contributed by atoms with E-state index in [-0.39, 0.29) is 6.04 Å². The summed E-state index contributed by atoms with van der Waals surface area (Å²) in [6.45, 7) is 2.10. The van der Waals surface area contributed by atoms with Crippen molar-refractivity contribution in [2.75, 3.05) is 0 Å². The molecule has 0 saturated carbocycles. The number of aromatic nitrogens is 1. The van der Waals surface area contributed by atoms with Crippen LogP contribution in [0.4, 0.5) is 0 Å². The molecule has 1 atom stereocenters. The highest BCUT2D eigenvalue weighted by atomic mass is 79.9. The SMILES string of the molecule is Cc1ccc(Br)cc1C(N)Cc1nc2ccccc2s1. The van der Waals surface area contributed by atoms with Crippen molar-refractivity contribution in [3.05, 3.63) is 63.1 Å². The fourth-order valence-corrected chi connectivity index (χ4v) is 3.72. The Hall–Kier alpha value is -1.23. The molecule has 0 fully saturated rings. The Balaban J connectivity index is 1.88. The number of hydrogen-bond donors (Lipinski definition) is 1. The highest BCUT2D eigenvalue weighted by Crippen LogP contribution is 2.27. The minimum absolute atomic E-state index is 0.0203. The van der Waals surface area contributed by atoms with E-state index in [0.717, 1.165) is 21.4 Å². The summed E-state index contributed by atoms with van der Waals surface area (Å²) in [4.78, 5) is 4.66. The van der Waals surface area contributed by atoms with Crippen LogP contribution in [0.2, 0.25) is 0 Å². The quantitative estimate of drug-likeness (QED) is 0.751. The van der Waals surface area contributed by atoms with Crippen LogP contribution in [0.5, 0.6) is 0 Å². The van der Waals surface area contributed by atoms with Gasteiger partial charge in [0.1, 0.15) is 0 Å². The van der Waals surface area contributed by atoms with Crippen LogP contribution in [0.25, 0.3) is 10.2 Å². The lowest BCUT2D eigenvalue weighted by molar-refractivity contribution is 0.713. The molecule has 4 heteroatoms. The van der Waals surface area contributed by atoms with Crippen LogP contribution in [-0.2, 0) is 6.42 Å². The average molecular weight is 347 g/mol. The van der Waals surface area contributed by atoms with Crippen LogP contribution in [0.15, 0.2) is 46.9 Å². The third-order valence-electron chi connectivity index (χ3n) is 3.37. The largest absolute Gasteiger partial charge is 0.324 e. The zero-order chi connectivity index (χ0) is 14.1. The summed E-state index contributed by atoms with van der Waals surface area (Å²) in [7, 11) is 0. The molecule has 0 spiro atoms. The Morgan fingerprint density at radius 1 is 1.25 bits per heavy atom. The fraction of sp³-hybridized carbons (Fsp3) is 0.188. The first-order valence-electron chi connectivity index (χ1n) is 6.49. The Morgan fingerprint density at radius 3 is 2.85 bits per heavy atom. The molecule has 2 nitrogen and oxygen atoms in total. The molecular formula is C16H15BrN2S. The first kappa shape index (κ1) is 13.7. The minimum atomic E-state index is -0.0203. The van der Waals surface area contributed by atoms with E-state index in [1.807, 2.05) is 24.3 Å². The molecule has 1 unspecified atom stereocenters. The van der Waals surface area contributed by atoms with Gasteiger partial charge in [0.15, 0.2) is 0 Å². The zero-order valence-corrected chi connectivity index (χ0v) is 13.5. The van der Waals surface area contributed by atoms with E-state index in [1.165, 1.54) is 15.8 Å². The number of benzene rings is 2. The molecule has 20 heavy (non-hydrogen) atoms. The second-order valence-electron chi connectivity index (χ2n) is 4.89. The maximum Gasteiger partial charge on any atom is 0.0957 e. The predicted molar refractivity (Wildman–Crippen MR) is 89.1 cm³/mol. The summed E-state index contributed by atoms with van der Waals surface area (Å²) in [5, 5.41) is 1.10. The van der Waals surface area contributed by atoms with Gasteiger partial charge in [-0.3, -0.25) is 0 Å². The van der Waals surface area contributed by atoms with Gasteiger partial charge in [-0.1, -0.05) is 34.1 Å². The number of hydrogen-bond acceptors (Lipinski definition) is 3. The molecule has 1 aromatic heterocycles. The molecule has 3 rings (SSSR count). The van der Waals surface area contributed by atoms with Gasteiger partial charge in [-0.15, -0.1) is 11.3 Å². The molecule has 2 aromatic carbocycles. The van der Waals surface area contributed by atoms with E-state index in [2.05, 4.69) is 46.0 Å². The van der Waals surface area contributed by atoms with Crippen molar-refractivity contribution in [3.8, 4) is 0 Å².